The van der Waals surface area contributed by atoms with Crippen molar-refractivity contribution in [2.24, 2.45) is 0 Å². The van der Waals surface area contributed by atoms with Gasteiger partial charge in [-0.2, -0.15) is 0 Å². The van der Waals surface area contributed by atoms with Gasteiger partial charge in [-0.05, 0) is 30.7 Å². The summed E-state index contributed by atoms with van der Waals surface area (Å²) in [5.74, 6) is 0.747. The Labute approximate surface area is 148 Å². The van der Waals surface area contributed by atoms with Gasteiger partial charge in [-0.3, -0.25) is 4.79 Å². The van der Waals surface area contributed by atoms with E-state index in [1.165, 1.54) is 0 Å². The lowest BCUT2D eigenvalue weighted by Gasteiger charge is -2.09. The molecule has 0 atom stereocenters. The fraction of sp³-hybridized carbons (Fsp3) is 0.0870. The number of hydrogen-bond acceptors (Lipinski definition) is 2. The smallest absolute Gasteiger partial charge is 0.185 e. The molecule has 0 spiro atoms. The topological polar surface area (TPSA) is 26.3 Å². The molecule has 3 aromatic carbocycles. The van der Waals surface area contributed by atoms with Crippen molar-refractivity contribution in [3.8, 4) is 5.75 Å². The molecule has 2 nitrogen and oxygen atoms in total. The Morgan fingerprint density at radius 2 is 1.56 bits per heavy atom. The summed E-state index contributed by atoms with van der Waals surface area (Å²) in [6, 6.07) is 25.3. The number of ether oxygens (including phenoxy) is 1. The maximum atomic E-state index is 12.3. The van der Waals surface area contributed by atoms with Crippen LogP contribution in [0.5, 0.6) is 5.75 Å². The van der Waals surface area contributed by atoms with E-state index >= 15 is 0 Å². The number of benzene rings is 3. The molecule has 0 aliphatic rings. The third kappa shape index (κ3) is 4.67. The first-order chi connectivity index (χ1) is 12.2. The summed E-state index contributed by atoms with van der Waals surface area (Å²) in [6.45, 7) is 2.50. The normalized spacial score (nSPS) is 10.8. The van der Waals surface area contributed by atoms with Gasteiger partial charge in [-0.15, -0.1) is 0 Å². The molecule has 0 saturated heterocycles. The Hall–Kier alpha value is -3.13. The molecular weight excluding hydrogens is 308 g/mol. The molecule has 0 N–H and O–H groups in total. The first kappa shape index (κ1) is 16.7. The summed E-state index contributed by atoms with van der Waals surface area (Å²) in [7, 11) is 0. The van der Waals surface area contributed by atoms with Crippen LogP contribution in [-0.4, -0.2) is 5.78 Å². The van der Waals surface area contributed by atoms with Crippen molar-refractivity contribution in [1.29, 1.82) is 0 Å². The summed E-state index contributed by atoms with van der Waals surface area (Å²) in [5, 5.41) is 0. The van der Waals surface area contributed by atoms with E-state index in [4.69, 9.17) is 4.74 Å². The molecule has 0 fully saturated rings. The molecule has 0 saturated carbocycles. The number of hydrogen-bond donors (Lipinski definition) is 0. The van der Waals surface area contributed by atoms with Crippen LogP contribution in [0.2, 0.25) is 0 Å². The minimum absolute atomic E-state index is 0.0159. The van der Waals surface area contributed by atoms with Gasteiger partial charge in [-0.25, -0.2) is 0 Å². The van der Waals surface area contributed by atoms with E-state index < -0.39 is 0 Å². The van der Waals surface area contributed by atoms with E-state index in [0.29, 0.717) is 12.2 Å². The molecule has 0 unspecified atom stereocenters. The maximum absolute atomic E-state index is 12.3. The lowest BCUT2D eigenvalue weighted by Crippen LogP contribution is -1.97. The van der Waals surface area contributed by atoms with Gasteiger partial charge in [0, 0.05) is 11.1 Å². The second kappa shape index (κ2) is 8.11. The third-order valence-electron chi connectivity index (χ3n) is 3.91. The number of aryl methyl sites for hydroxylation is 1. The van der Waals surface area contributed by atoms with Gasteiger partial charge in [0.1, 0.15) is 12.4 Å². The molecule has 2 heteroatoms. The third-order valence-corrected chi connectivity index (χ3v) is 3.91. The number of allylic oxidation sites excluding steroid dienone is 1. The van der Waals surface area contributed by atoms with Crippen LogP contribution in [0.3, 0.4) is 0 Å². The summed E-state index contributed by atoms with van der Waals surface area (Å²) in [4.78, 5) is 12.3. The van der Waals surface area contributed by atoms with E-state index in [1.807, 2.05) is 91.9 Å². The predicted molar refractivity (Wildman–Crippen MR) is 102 cm³/mol. The highest BCUT2D eigenvalue weighted by molar-refractivity contribution is 6.06. The number of carbonyl (C=O) groups excluding carboxylic acids is 1. The molecule has 0 aliphatic carbocycles. The quantitative estimate of drug-likeness (QED) is 0.443. The standard InChI is InChI=1S/C23H20O2/c1-18-11-13-20(14-12-18)22(24)16-15-21-9-5-6-10-23(21)25-17-19-7-3-2-4-8-19/h2-16H,17H2,1H3. The van der Waals surface area contributed by atoms with Crippen LogP contribution in [0.25, 0.3) is 6.08 Å². The second-order valence-electron chi connectivity index (χ2n) is 5.88. The highest BCUT2D eigenvalue weighted by Gasteiger charge is 2.04. The van der Waals surface area contributed by atoms with Crippen LogP contribution in [0.15, 0.2) is 84.9 Å². The molecule has 0 amide bonds. The van der Waals surface area contributed by atoms with E-state index in [1.54, 1.807) is 6.08 Å². The summed E-state index contributed by atoms with van der Waals surface area (Å²) in [5.41, 5.74) is 3.82. The predicted octanol–water partition coefficient (Wildman–Crippen LogP) is 5.47. The zero-order valence-corrected chi connectivity index (χ0v) is 14.2. The van der Waals surface area contributed by atoms with E-state index in [0.717, 1.165) is 22.4 Å². The van der Waals surface area contributed by atoms with E-state index in [9.17, 15) is 4.79 Å². The van der Waals surface area contributed by atoms with Crippen molar-refractivity contribution in [3.05, 3.63) is 107 Å². The molecule has 25 heavy (non-hydrogen) atoms. The molecule has 0 bridgehead atoms. The number of carbonyl (C=O) groups is 1. The molecule has 3 rings (SSSR count). The Morgan fingerprint density at radius 1 is 0.880 bits per heavy atom. The maximum Gasteiger partial charge on any atom is 0.185 e. The van der Waals surface area contributed by atoms with Gasteiger partial charge >= 0.3 is 0 Å². The number of rotatable bonds is 6. The SMILES string of the molecule is Cc1ccc(C(=O)C=Cc2ccccc2OCc2ccccc2)cc1. The fourth-order valence-corrected chi connectivity index (χ4v) is 2.46. The van der Waals surface area contributed by atoms with Crippen LogP contribution < -0.4 is 4.74 Å². The lowest BCUT2D eigenvalue weighted by atomic mass is 10.1. The second-order valence-corrected chi connectivity index (χ2v) is 5.88. The highest BCUT2D eigenvalue weighted by atomic mass is 16.5. The van der Waals surface area contributed by atoms with Gasteiger partial charge in [0.2, 0.25) is 0 Å². The van der Waals surface area contributed by atoms with Crippen molar-refractivity contribution in [3.63, 3.8) is 0 Å². The van der Waals surface area contributed by atoms with Crippen LogP contribution in [0.1, 0.15) is 27.0 Å². The summed E-state index contributed by atoms with van der Waals surface area (Å²) < 4.78 is 5.91. The molecule has 0 aromatic heterocycles. The van der Waals surface area contributed by atoms with Gasteiger partial charge < -0.3 is 4.74 Å². The Kier molecular flexibility index (Phi) is 5.43. The van der Waals surface area contributed by atoms with Gasteiger partial charge in [0.15, 0.2) is 5.78 Å². The van der Waals surface area contributed by atoms with Crippen molar-refractivity contribution in [2.45, 2.75) is 13.5 Å². The van der Waals surface area contributed by atoms with E-state index in [2.05, 4.69) is 0 Å². The Bertz CT molecular complexity index is 862. The zero-order chi connectivity index (χ0) is 17.5. The largest absolute Gasteiger partial charge is 0.488 e. The van der Waals surface area contributed by atoms with Crippen LogP contribution >= 0.6 is 0 Å². The van der Waals surface area contributed by atoms with Gasteiger partial charge in [-0.1, -0.05) is 78.4 Å². The number of para-hydroxylation sites is 1. The average molecular weight is 328 g/mol. The van der Waals surface area contributed by atoms with E-state index in [-0.39, 0.29) is 5.78 Å². The molecule has 0 aliphatic heterocycles. The molecular formula is C23H20O2. The monoisotopic (exact) mass is 328 g/mol. The lowest BCUT2D eigenvalue weighted by molar-refractivity contribution is 0.104. The highest BCUT2D eigenvalue weighted by Crippen LogP contribution is 2.21. The van der Waals surface area contributed by atoms with Crippen molar-refractivity contribution < 1.29 is 9.53 Å². The van der Waals surface area contributed by atoms with Gasteiger partial charge in [0.05, 0.1) is 0 Å². The minimum Gasteiger partial charge on any atom is -0.488 e. The zero-order valence-electron chi connectivity index (χ0n) is 14.2. The van der Waals surface area contributed by atoms with Crippen LogP contribution in [-0.2, 0) is 6.61 Å². The Morgan fingerprint density at radius 3 is 2.32 bits per heavy atom. The average Bonchev–Trinajstić information content (AvgIpc) is 2.66. The molecule has 0 radical (unpaired) electrons. The van der Waals surface area contributed by atoms with Gasteiger partial charge in [0.25, 0.3) is 0 Å². The first-order valence-electron chi connectivity index (χ1n) is 8.27. The first-order valence-corrected chi connectivity index (χ1v) is 8.27. The molecule has 3 aromatic rings. The van der Waals surface area contributed by atoms with Crippen LogP contribution in [0, 0.1) is 6.92 Å². The summed E-state index contributed by atoms with van der Waals surface area (Å²) >= 11 is 0. The Balaban J connectivity index is 1.72. The van der Waals surface area contributed by atoms with Crippen molar-refractivity contribution in [1.82, 2.24) is 0 Å². The van der Waals surface area contributed by atoms with Crippen LogP contribution in [0.4, 0.5) is 0 Å². The van der Waals surface area contributed by atoms with Crippen molar-refractivity contribution in [2.75, 3.05) is 0 Å². The number of ketones is 1. The van der Waals surface area contributed by atoms with Crippen molar-refractivity contribution >= 4 is 11.9 Å². The molecule has 124 valence electrons. The summed E-state index contributed by atoms with van der Waals surface area (Å²) in [6.07, 6.45) is 3.40. The fourth-order valence-electron chi connectivity index (χ4n) is 2.46. The minimum atomic E-state index is -0.0159. The molecule has 0 heterocycles.